The van der Waals surface area contributed by atoms with E-state index >= 15 is 0 Å². The Morgan fingerprint density at radius 2 is 2.40 bits per heavy atom. The fourth-order valence-corrected chi connectivity index (χ4v) is 2.72. The van der Waals surface area contributed by atoms with Gasteiger partial charge in [-0.2, -0.15) is 0 Å². The number of amides is 1. The van der Waals surface area contributed by atoms with Gasteiger partial charge in [0.05, 0.1) is 5.69 Å². The Morgan fingerprint density at radius 3 is 3.15 bits per heavy atom. The van der Waals surface area contributed by atoms with Gasteiger partial charge in [-0.15, -0.1) is 0 Å². The molecule has 5 heteroatoms. The minimum atomic E-state index is 0.155. The smallest absolute Gasteiger partial charge is 0.220 e. The third-order valence-electron chi connectivity index (χ3n) is 3.82. The average molecular weight is 276 g/mol. The predicted octanol–water partition coefficient (Wildman–Crippen LogP) is 1.26. The van der Waals surface area contributed by atoms with E-state index in [2.05, 4.69) is 27.2 Å². The van der Waals surface area contributed by atoms with Crippen molar-refractivity contribution in [2.45, 2.75) is 32.1 Å². The zero-order valence-corrected chi connectivity index (χ0v) is 12.2. The molecule has 0 bridgehead atoms. The molecule has 1 fully saturated rings. The Hall–Kier alpha value is -1.49. The molecule has 1 atom stereocenters. The molecular weight excluding hydrogens is 252 g/mol. The fraction of sp³-hybridized carbons (Fsp3) is 0.667. The summed E-state index contributed by atoms with van der Waals surface area (Å²) in [6, 6.07) is 0. The zero-order valence-electron chi connectivity index (χ0n) is 12.2. The highest BCUT2D eigenvalue weighted by molar-refractivity contribution is 5.75. The van der Waals surface area contributed by atoms with Gasteiger partial charge in [-0.3, -0.25) is 14.8 Å². The Kier molecular flexibility index (Phi) is 5.92. The molecule has 20 heavy (non-hydrogen) atoms. The molecule has 1 aromatic heterocycles. The van der Waals surface area contributed by atoms with Crippen LogP contribution in [0, 0.1) is 5.92 Å². The van der Waals surface area contributed by atoms with E-state index in [4.69, 9.17) is 0 Å². The number of piperidine rings is 1. The summed E-state index contributed by atoms with van der Waals surface area (Å²) in [4.78, 5) is 22.3. The molecule has 0 aliphatic carbocycles. The predicted molar refractivity (Wildman–Crippen MR) is 78.2 cm³/mol. The summed E-state index contributed by atoms with van der Waals surface area (Å²) in [6.07, 6.45) is 9.97. The maximum atomic E-state index is 11.8. The molecular formula is C15H24N4O. The fourth-order valence-electron chi connectivity index (χ4n) is 2.72. The number of rotatable bonds is 6. The van der Waals surface area contributed by atoms with E-state index in [0.717, 1.165) is 25.1 Å². The maximum Gasteiger partial charge on any atom is 0.220 e. The molecule has 1 amide bonds. The number of hydrogen-bond donors (Lipinski definition) is 1. The lowest BCUT2D eigenvalue weighted by Crippen LogP contribution is -2.33. The zero-order chi connectivity index (χ0) is 14.2. The summed E-state index contributed by atoms with van der Waals surface area (Å²) in [7, 11) is 2.16. The quantitative estimate of drug-likeness (QED) is 0.850. The lowest BCUT2D eigenvalue weighted by atomic mass is 9.93. The van der Waals surface area contributed by atoms with Gasteiger partial charge in [-0.1, -0.05) is 0 Å². The molecule has 1 aromatic rings. The number of likely N-dealkylation sites (tertiary alicyclic amines) is 1. The first kappa shape index (κ1) is 14.9. The van der Waals surface area contributed by atoms with Crippen LogP contribution in [0.5, 0.6) is 0 Å². The van der Waals surface area contributed by atoms with E-state index < -0.39 is 0 Å². The van der Waals surface area contributed by atoms with Crippen LogP contribution in [-0.2, 0) is 11.2 Å². The van der Waals surface area contributed by atoms with Gasteiger partial charge in [0.25, 0.3) is 0 Å². The molecule has 1 saturated heterocycles. The normalized spacial score (nSPS) is 19.8. The molecule has 2 rings (SSSR count). The Labute approximate surface area is 120 Å². The van der Waals surface area contributed by atoms with Crippen LogP contribution in [0.4, 0.5) is 0 Å². The van der Waals surface area contributed by atoms with E-state index in [1.165, 1.54) is 19.4 Å². The second-order valence-electron chi connectivity index (χ2n) is 5.61. The van der Waals surface area contributed by atoms with Crippen molar-refractivity contribution in [1.29, 1.82) is 0 Å². The van der Waals surface area contributed by atoms with Gasteiger partial charge < -0.3 is 10.2 Å². The lowest BCUT2D eigenvalue weighted by molar-refractivity contribution is -0.121. The van der Waals surface area contributed by atoms with Crippen molar-refractivity contribution in [2.24, 2.45) is 5.92 Å². The summed E-state index contributed by atoms with van der Waals surface area (Å²) < 4.78 is 0. The summed E-state index contributed by atoms with van der Waals surface area (Å²) in [5.74, 6) is 0.835. The minimum absolute atomic E-state index is 0.155. The molecule has 0 aromatic carbocycles. The van der Waals surface area contributed by atoms with Crippen LogP contribution >= 0.6 is 0 Å². The van der Waals surface area contributed by atoms with Gasteiger partial charge in [0.15, 0.2) is 0 Å². The summed E-state index contributed by atoms with van der Waals surface area (Å²) in [6.45, 7) is 2.97. The van der Waals surface area contributed by atoms with Gasteiger partial charge in [0, 0.05) is 44.5 Å². The average Bonchev–Trinajstić information content (AvgIpc) is 2.46. The minimum Gasteiger partial charge on any atom is -0.356 e. The molecule has 0 saturated carbocycles. The first-order chi connectivity index (χ1) is 9.74. The molecule has 1 aliphatic rings. The van der Waals surface area contributed by atoms with Crippen LogP contribution < -0.4 is 5.32 Å². The number of nitrogens with one attached hydrogen (secondary N) is 1. The van der Waals surface area contributed by atoms with Crippen LogP contribution in [0.2, 0.25) is 0 Å². The van der Waals surface area contributed by atoms with Crippen molar-refractivity contribution >= 4 is 5.91 Å². The van der Waals surface area contributed by atoms with Gasteiger partial charge in [-0.05, 0) is 38.8 Å². The molecule has 2 heterocycles. The third kappa shape index (κ3) is 5.25. The van der Waals surface area contributed by atoms with Gasteiger partial charge >= 0.3 is 0 Å². The summed E-state index contributed by atoms with van der Waals surface area (Å²) >= 11 is 0. The topological polar surface area (TPSA) is 58.1 Å². The second-order valence-corrected chi connectivity index (χ2v) is 5.61. The standard InChI is InChI=1S/C15H24N4O/c1-19-10-2-3-13(12-19)4-5-15(20)18-7-6-14-11-16-8-9-17-14/h8-9,11,13H,2-7,10,12H2,1H3,(H,18,20)/t13-/m0/s1. The highest BCUT2D eigenvalue weighted by Crippen LogP contribution is 2.19. The first-order valence-electron chi connectivity index (χ1n) is 7.44. The van der Waals surface area contributed by atoms with Gasteiger partial charge in [-0.25, -0.2) is 0 Å². The van der Waals surface area contributed by atoms with E-state index in [1.54, 1.807) is 18.6 Å². The monoisotopic (exact) mass is 276 g/mol. The number of aromatic nitrogens is 2. The Bertz CT molecular complexity index is 410. The third-order valence-corrected chi connectivity index (χ3v) is 3.82. The van der Waals surface area contributed by atoms with Crippen molar-refractivity contribution in [3.05, 3.63) is 24.3 Å². The molecule has 1 aliphatic heterocycles. The van der Waals surface area contributed by atoms with Crippen molar-refractivity contribution in [3.63, 3.8) is 0 Å². The lowest BCUT2D eigenvalue weighted by Gasteiger charge is -2.29. The van der Waals surface area contributed by atoms with E-state index in [1.807, 2.05) is 0 Å². The highest BCUT2D eigenvalue weighted by atomic mass is 16.1. The van der Waals surface area contributed by atoms with Crippen LogP contribution in [0.1, 0.15) is 31.4 Å². The SMILES string of the molecule is CN1CCC[C@@H](CCC(=O)NCCc2cnccn2)C1. The molecule has 5 nitrogen and oxygen atoms in total. The molecule has 1 N–H and O–H groups in total. The van der Waals surface area contributed by atoms with Crippen molar-refractivity contribution < 1.29 is 4.79 Å². The Balaban J connectivity index is 1.58. The van der Waals surface area contributed by atoms with E-state index in [9.17, 15) is 4.79 Å². The van der Waals surface area contributed by atoms with Crippen LogP contribution in [-0.4, -0.2) is 47.5 Å². The molecule has 110 valence electrons. The summed E-state index contributed by atoms with van der Waals surface area (Å²) in [5.41, 5.74) is 0.918. The number of carbonyl (C=O) groups is 1. The van der Waals surface area contributed by atoms with Gasteiger partial charge in [0.1, 0.15) is 0 Å². The van der Waals surface area contributed by atoms with E-state index in [-0.39, 0.29) is 5.91 Å². The summed E-state index contributed by atoms with van der Waals surface area (Å²) in [5, 5.41) is 2.96. The van der Waals surface area contributed by atoms with Crippen LogP contribution in [0.3, 0.4) is 0 Å². The maximum absolute atomic E-state index is 11.8. The Morgan fingerprint density at radius 1 is 1.50 bits per heavy atom. The van der Waals surface area contributed by atoms with Crippen molar-refractivity contribution in [1.82, 2.24) is 20.2 Å². The number of hydrogen-bond acceptors (Lipinski definition) is 4. The second kappa shape index (κ2) is 7.94. The molecule has 0 spiro atoms. The van der Waals surface area contributed by atoms with Gasteiger partial charge in [0.2, 0.25) is 5.91 Å². The van der Waals surface area contributed by atoms with Crippen molar-refractivity contribution in [2.75, 3.05) is 26.7 Å². The highest BCUT2D eigenvalue weighted by Gasteiger charge is 2.17. The van der Waals surface area contributed by atoms with Crippen LogP contribution in [0.15, 0.2) is 18.6 Å². The van der Waals surface area contributed by atoms with E-state index in [0.29, 0.717) is 18.9 Å². The van der Waals surface area contributed by atoms with Crippen molar-refractivity contribution in [3.8, 4) is 0 Å². The number of nitrogens with zero attached hydrogens (tertiary/aromatic N) is 3. The largest absolute Gasteiger partial charge is 0.356 e. The van der Waals surface area contributed by atoms with Crippen LogP contribution in [0.25, 0.3) is 0 Å². The number of carbonyl (C=O) groups excluding carboxylic acids is 1. The molecule has 0 unspecified atom stereocenters. The first-order valence-corrected chi connectivity index (χ1v) is 7.44. The molecule has 0 radical (unpaired) electrons.